The lowest BCUT2D eigenvalue weighted by molar-refractivity contribution is -0.152. The molecule has 1 aromatic rings. The Bertz CT molecular complexity index is 495. The van der Waals surface area contributed by atoms with Crippen molar-refractivity contribution in [2.45, 2.75) is 45.6 Å². The van der Waals surface area contributed by atoms with Gasteiger partial charge in [0, 0.05) is 6.04 Å². The first-order chi connectivity index (χ1) is 10.0. The minimum Gasteiger partial charge on any atom is -0.481 e. The summed E-state index contributed by atoms with van der Waals surface area (Å²) in [6.45, 7) is 5.56. The highest BCUT2D eigenvalue weighted by Gasteiger charge is 2.41. The standard InChI is InChI=1S/C17H24FNO2/c1-3-15(13-6-5-7-14(18)12-13)19-10-8-17(4-2,9-11-19)16(20)21/h5-7,12,15H,3-4,8-11H2,1-2H3,(H,20,21). The fraction of sp³-hybridized carbons (Fsp3) is 0.588. The SMILES string of the molecule is CCC(c1cccc(F)c1)N1CCC(CC)(C(=O)O)CC1. The molecule has 2 rings (SSSR count). The molecular weight excluding hydrogens is 269 g/mol. The number of piperidine rings is 1. The number of hydrogen-bond acceptors (Lipinski definition) is 2. The van der Waals surface area contributed by atoms with E-state index in [4.69, 9.17) is 0 Å². The van der Waals surface area contributed by atoms with Crippen molar-refractivity contribution in [3.05, 3.63) is 35.6 Å². The molecule has 1 atom stereocenters. The number of carboxylic acids is 1. The molecule has 116 valence electrons. The number of aliphatic carboxylic acids is 1. The van der Waals surface area contributed by atoms with Crippen molar-refractivity contribution >= 4 is 5.97 Å². The second-order valence-electron chi connectivity index (χ2n) is 5.95. The zero-order chi connectivity index (χ0) is 15.5. The highest BCUT2D eigenvalue weighted by Crippen LogP contribution is 2.38. The molecule has 1 aliphatic rings. The third kappa shape index (κ3) is 3.26. The van der Waals surface area contributed by atoms with E-state index in [1.807, 2.05) is 13.0 Å². The van der Waals surface area contributed by atoms with Crippen LogP contribution in [0.15, 0.2) is 24.3 Å². The van der Waals surface area contributed by atoms with Gasteiger partial charge in [-0.05, 0) is 56.5 Å². The number of likely N-dealkylation sites (tertiary alicyclic amines) is 1. The maximum absolute atomic E-state index is 13.4. The van der Waals surface area contributed by atoms with Crippen LogP contribution >= 0.6 is 0 Å². The summed E-state index contributed by atoms with van der Waals surface area (Å²) in [6, 6.07) is 6.91. The molecule has 1 unspecified atom stereocenters. The van der Waals surface area contributed by atoms with E-state index < -0.39 is 11.4 Å². The molecule has 0 radical (unpaired) electrons. The molecule has 0 bridgehead atoms. The van der Waals surface area contributed by atoms with Crippen molar-refractivity contribution in [2.24, 2.45) is 5.41 Å². The highest BCUT2D eigenvalue weighted by molar-refractivity contribution is 5.74. The van der Waals surface area contributed by atoms with Crippen LogP contribution in [-0.4, -0.2) is 29.1 Å². The fourth-order valence-corrected chi connectivity index (χ4v) is 3.40. The number of carboxylic acid groups (broad SMARTS) is 1. The molecule has 0 spiro atoms. The van der Waals surface area contributed by atoms with E-state index in [1.165, 1.54) is 6.07 Å². The van der Waals surface area contributed by atoms with Gasteiger partial charge in [-0.3, -0.25) is 9.69 Å². The van der Waals surface area contributed by atoms with Gasteiger partial charge >= 0.3 is 5.97 Å². The van der Waals surface area contributed by atoms with Gasteiger partial charge in [0.15, 0.2) is 0 Å². The molecule has 1 N–H and O–H groups in total. The molecule has 0 aromatic heterocycles. The topological polar surface area (TPSA) is 40.5 Å². The van der Waals surface area contributed by atoms with Crippen LogP contribution in [0.25, 0.3) is 0 Å². The van der Waals surface area contributed by atoms with Crippen molar-refractivity contribution in [1.82, 2.24) is 4.90 Å². The minimum absolute atomic E-state index is 0.171. The molecule has 4 heteroatoms. The Balaban J connectivity index is 2.11. The van der Waals surface area contributed by atoms with Crippen LogP contribution in [0.5, 0.6) is 0 Å². The number of nitrogens with zero attached hydrogens (tertiary/aromatic N) is 1. The van der Waals surface area contributed by atoms with Gasteiger partial charge in [0.2, 0.25) is 0 Å². The molecule has 3 nitrogen and oxygen atoms in total. The molecular formula is C17H24FNO2. The molecule has 0 saturated carbocycles. The van der Waals surface area contributed by atoms with Crippen LogP contribution in [-0.2, 0) is 4.79 Å². The summed E-state index contributed by atoms with van der Waals surface area (Å²) in [5, 5.41) is 9.46. The van der Waals surface area contributed by atoms with Crippen LogP contribution in [0.3, 0.4) is 0 Å². The first kappa shape index (κ1) is 16.0. The van der Waals surface area contributed by atoms with Crippen molar-refractivity contribution < 1.29 is 14.3 Å². The zero-order valence-corrected chi connectivity index (χ0v) is 12.8. The van der Waals surface area contributed by atoms with Crippen molar-refractivity contribution in [1.29, 1.82) is 0 Å². The first-order valence-corrected chi connectivity index (χ1v) is 7.75. The van der Waals surface area contributed by atoms with Gasteiger partial charge in [0.25, 0.3) is 0 Å². The predicted molar refractivity (Wildman–Crippen MR) is 80.6 cm³/mol. The van der Waals surface area contributed by atoms with Crippen LogP contribution in [0.2, 0.25) is 0 Å². The minimum atomic E-state index is -0.677. The maximum atomic E-state index is 13.4. The smallest absolute Gasteiger partial charge is 0.309 e. The predicted octanol–water partition coefficient (Wildman–Crippen LogP) is 3.85. The van der Waals surface area contributed by atoms with Gasteiger partial charge in [-0.15, -0.1) is 0 Å². The number of hydrogen-bond donors (Lipinski definition) is 1. The number of carbonyl (C=O) groups is 1. The third-order valence-corrected chi connectivity index (χ3v) is 4.95. The lowest BCUT2D eigenvalue weighted by Gasteiger charge is -2.42. The van der Waals surface area contributed by atoms with E-state index in [0.717, 1.165) is 25.1 Å². The summed E-state index contributed by atoms with van der Waals surface area (Å²) >= 11 is 0. The van der Waals surface area contributed by atoms with E-state index in [-0.39, 0.29) is 11.9 Å². The van der Waals surface area contributed by atoms with Crippen LogP contribution in [0, 0.1) is 11.2 Å². The normalized spacial score (nSPS) is 20.1. The van der Waals surface area contributed by atoms with Crippen LogP contribution in [0.4, 0.5) is 4.39 Å². The van der Waals surface area contributed by atoms with E-state index >= 15 is 0 Å². The molecule has 0 aliphatic carbocycles. The fourth-order valence-electron chi connectivity index (χ4n) is 3.40. The molecule has 1 heterocycles. The van der Waals surface area contributed by atoms with E-state index in [0.29, 0.717) is 19.3 Å². The monoisotopic (exact) mass is 293 g/mol. The molecule has 0 amide bonds. The van der Waals surface area contributed by atoms with E-state index in [9.17, 15) is 14.3 Å². The van der Waals surface area contributed by atoms with E-state index in [2.05, 4.69) is 11.8 Å². The summed E-state index contributed by atoms with van der Waals surface area (Å²) < 4.78 is 13.4. The second-order valence-corrected chi connectivity index (χ2v) is 5.95. The number of benzene rings is 1. The molecule has 1 saturated heterocycles. The Hall–Kier alpha value is -1.42. The maximum Gasteiger partial charge on any atom is 0.309 e. The Morgan fingerprint density at radius 1 is 1.38 bits per heavy atom. The number of halogens is 1. The average molecular weight is 293 g/mol. The number of rotatable bonds is 5. The lowest BCUT2D eigenvalue weighted by Crippen LogP contribution is -2.45. The van der Waals surface area contributed by atoms with Crippen molar-refractivity contribution in [3.8, 4) is 0 Å². The van der Waals surface area contributed by atoms with Gasteiger partial charge in [-0.25, -0.2) is 4.39 Å². The molecule has 1 fully saturated rings. The summed E-state index contributed by atoms with van der Waals surface area (Å²) in [4.78, 5) is 13.8. The lowest BCUT2D eigenvalue weighted by atomic mass is 9.75. The second kappa shape index (κ2) is 6.56. The first-order valence-electron chi connectivity index (χ1n) is 7.75. The quantitative estimate of drug-likeness (QED) is 0.896. The molecule has 1 aliphatic heterocycles. The van der Waals surface area contributed by atoms with Gasteiger partial charge in [0.1, 0.15) is 5.82 Å². The molecule has 21 heavy (non-hydrogen) atoms. The Kier molecular flexibility index (Phi) is 4.99. The summed E-state index contributed by atoms with van der Waals surface area (Å²) in [5.41, 5.74) is 0.410. The van der Waals surface area contributed by atoms with Crippen LogP contribution < -0.4 is 0 Å². The third-order valence-electron chi connectivity index (χ3n) is 4.95. The summed E-state index contributed by atoms with van der Waals surface area (Å²) in [7, 11) is 0. The highest BCUT2D eigenvalue weighted by atomic mass is 19.1. The van der Waals surface area contributed by atoms with Crippen LogP contribution in [0.1, 0.15) is 51.1 Å². The Morgan fingerprint density at radius 2 is 2.05 bits per heavy atom. The van der Waals surface area contributed by atoms with Gasteiger partial charge in [-0.1, -0.05) is 26.0 Å². The van der Waals surface area contributed by atoms with Gasteiger partial charge in [0.05, 0.1) is 5.41 Å². The Labute approximate surface area is 125 Å². The average Bonchev–Trinajstić information content (AvgIpc) is 2.49. The van der Waals surface area contributed by atoms with Crippen molar-refractivity contribution in [2.75, 3.05) is 13.1 Å². The van der Waals surface area contributed by atoms with Crippen molar-refractivity contribution in [3.63, 3.8) is 0 Å². The Morgan fingerprint density at radius 3 is 2.52 bits per heavy atom. The van der Waals surface area contributed by atoms with E-state index in [1.54, 1.807) is 12.1 Å². The summed E-state index contributed by atoms with van der Waals surface area (Å²) in [5.74, 6) is -0.889. The largest absolute Gasteiger partial charge is 0.481 e. The zero-order valence-electron chi connectivity index (χ0n) is 12.8. The van der Waals surface area contributed by atoms with Gasteiger partial charge in [-0.2, -0.15) is 0 Å². The van der Waals surface area contributed by atoms with Gasteiger partial charge < -0.3 is 5.11 Å². The molecule has 1 aromatic carbocycles. The summed E-state index contributed by atoms with van der Waals surface area (Å²) in [6.07, 6.45) is 2.91.